The van der Waals surface area contributed by atoms with Crippen molar-refractivity contribution in [3.63, 3.8) is 0 Å². The van der Waals surface area contributed by atoms with Crippen molar-refractivity contribution in [1.29, 1.82) is 0 Å². The summed E-state index contributed by atoms with van der Waals surface area (Å²) in [5.41, 5.74) is 1.88. The molecule has 212 valence electrons. The first-order valence-electron chi connectivity index (χ1n) is 13.2. The lowest BCUT2D eigenvalue weighted by Crippen LogP contribution is -2.65. The normalized spacial score (nSPS) is 27.0. The van der Waals surface area contributed by atoms with Gasteiger partial charge in [-0.15, -0.1) is 0 Å². The molecule has 0 saturated heterocycles. The van der Waals surface area contributed by atoms with Gasteiger partial charge in [-0.05, 0) is 69.2 Å². The zero-order valence-electron chi connectivity index (χ0n) is 23.0. The lowest BCUT2D eigenvalue weighted by molar-refractivity contribution is -0.153. The Bertz CT molecular complexity index is 1320. The first kappa shape index (κ1) is 28.8. The number of aliphatic hydroxyl groups excluding tert-OH is 2. The van der Waals surface area contributed by atoms with E-state index >= 15 is 4.39 Å². The van der Waals surface area contributed by atoms with E-state index in [0.717, 1.165) is 12.8 Å². The number of hydrogen-bond acceptors (Lipinski definition) is 8. The van der Waals surface area contributed by atoms with Gasteiger partial charge in [0, 0.05) is 17.1 Å². The fraction of sp³-hybridized carbons (Fsp3) is 0.552. The minimum atomic E-state index is -2.70. The number of amides is 1. The molecule has 0 aliphatic heterocycles. The number of hydrogen-bond donors (Lipinski definition) is 5. The van der Waals surface area contributed by atoms with Crippen LogP contribution < -0.4 is 5.73 Å². The number of halogens is 1. The van der Waals surface area contributed by atoms with Crippen molar-refractivity contribution >= 4 is 23.2 Å². The smallest absolute Gasteiger partial charge is 0.255 e. The van der Waals surface area contributed by atoms with E-state index in [1.807, 2.05) is 0 Å². The summed E-state index contributed by atoms with van der Waals surface area (Å²) in [7, 11) is 3.06. The van der Waals surface area contributed by atoms with E-state index in [-0.39, 0.29) is 41.4 Å². The van der Waals surface area contributed by atoms with Gasteiger partial charge in [-0.2, -0.15) is 0 Å². The number of ketones is 2. The molecule has 39 heavy (non-hydrogen) atoms. The molecule has 3 aliphatic rings. The molecule has 0 heterocycles. The Labute approximate surface area is 226 Å². The maximum absolute atomic E-state index is 15.1. The molecule has 0 radical (unpaired) electrons. The summed E-state index contributed by atoms with van der Waals surface area (Å²) in [6.45, 7) is 6.31. The van der Waals surface area contributed by atoms with E-state index in [9.17, 15) is 34.8 Å². The van der Waals surface area contributed by atoms with E-state index in [1.165, 1.54) is 25.1 Å². The Hall–Kier alpha value is -3.24. The number of carbonyl (C=O) groups excluding carboxylic acids is 3. The van der Waals surface area contributed by atoms with Gasteiger partial charge < -0.3 is 26.2 Å². The van der Waals surface area contributed by atoms with Crippen molar-refractivity contribution < 1.29 is 39.2 Å². The molecular weight excluding hydrogens is 507 g/mol. The number of primary amides is 1. The molecule has 1 saturated carbocycles. The minimum Gasteiger partial charge on any atom is -0.508 e. The third-order valence-corrected chi connectivity index (χ3v) is 8.37. The lowest BCUT2D eigenvalue weighted by Gasteiger charge is -2.50. The van der Waals surface area contributed by atoms with Crippen molar-refractivity contribution in [3.8, 4) is 5.75 Å². The molecule has 4 atom stereocenters. The van der Waals surface area contributed by atoms with Crippen LogP contribution in [0, 0.1) is 23.1 Å². The quantitative estimate of drug-likeness (QED) is 0.270. The van der Waals surface area contributed by atoms with E-state index in [0.29, 0.717) is 12.0 Å². The van der Waals surface area contributed by atoms with Crippen molar-refractivity contribution in [1.82, 2.24) is 4.90 Å². The monoisotopic (exact) mass is 544 g/mol. The Balaban J connectivity index is 1.81. The zero-order valence-corrected chi connectivity index (χ0v) is 23.0. The summed E-state index contributed by atoms with van der Waals surface area (Å²) < 4.78 is 15.1. The molecule has 1 amide bonds. The molecule has 0 bridgehead atoms. The Kier molecular flexibility index (Phi) is 7.19. The molecule has 9 nitrogen and oxygen atoms in total. The fourth-order valence-electron chi connectivity index (χ4n) is 6.50. The second-order valence-corrected chi connectivity index (χ2v) is 12.4. The number of unbranched alkanes of at least 4 members (excludes halogenated alkanes) is 1. The third kappa shape index (κ3) is 4.53. The van der Waals surface area contributed by atoms with Gasteiger partial charge in [-0.1, -0.05) is 27.2 Å². The van der Waals surface area contributed by atoms with Crippen molar-refractivity contribution in [2.75, 3.05) is 14.1 Å². The number of rotatable bonds is 6. The highest BCUT2D eigenvalue weighted by atomic mass is 19.1. The average molecular weight is 545 g/mol. The van der Waals surface area contributed by atoms with Crippen LogP contribution in [0.25, 0.3) is 5.76 Å². The zero-order chi connectivity index (χ0) is 29.2. The van der Waals surface area contributed by atoms with Gasteiger partial charge in [-0.3, -0.25) is 19.3 Å². The molecule has 10 heteroatoms. The van der Waals surface area contributed by atoms with Crippen LogP contribution in [0.2, 0.25) is 0 Å². The molecule has 1 aromatic rings. The summed E-state index contributed by atoms with van der Waals surface area (Å²) >= 11 is 0. The number of nitrogens with two attached hydrogens (primary N) is 1. The number of phenolic OH excluding ortho intramolecular Hbond substituents is 1. The number of phenols is 1. The van der Waals surface area contributed by atoms with Gasteiger partial charge in [0.25, 0.3) is 5.91 Å². The highest BCUT2D eigenvalue weighted by molar-refractivity contribution is 6.24. The first-order chi connectivity index (χ1) is 18.0. The Morgan fingerprint density at radius 1 is 1.18 bits per heavy atom. The summed E-state index contributed by atoms with van der Waals surface area (Å²) in [6.07, 6.45) is 2.57. The Morgan fingerprint density at radius 3 is 2.38 bits per heavy atom. The van der Waals surface area contributed by atoms with Crippen LogP contribution in [-0.2, 0) is 27.2 Å². The molecule has 4 rings (SSSR count). The van der Waals surface area contributed by atoms with Crippen LogP contribution in [0.3, 0.4) is 0 Å². The molecule has 1 aromatic carbocycles. The standard InChI is InChI=1S/C29H37FN2O7/c1-28(2,3)9-7-6-8-15-17(30)12-14-10-13-11-16-21(32(4)5)24(35)20(27(31)38)26(37)29(16,39)25(36)19(13)23(34)18(14)22(15)33/h12-13,16,21,33-34,37,39H,6-11H2,1-5H3,(H2,31,38)/t13-,16-,21-,29-/m0/s1. The number of Topliss-reactive ketones (excluding diaryl/α,β-unsaturated/α-hetero) is 2. The van der Waals surface area contributed by atoms with Gasteiger partial charge in [0.2, 0.25) is 5.78 Å². The minimum absolute atomic E-state index is 0.0304. The van der Waals surface area contributed by atoms with Crippen molar-refractivity contribution in [2.24, 2.45) is 23.0 Å². The van der Waals surface area contributed by atoms with Gasteiger partial charge in [0.05, 0.1) is 11.6 Å². The van der Waals surface area contributed by atoms with Crippen LogP contribution in [0.1, 0.15) is 63.1 Å². The number of benzene rings is 1. The van der Waals surface area contributed by atoms with Crippen LogP contribution in [-0.4, -0.2) is 68.5 Å². The summed E-state index contributed by atoms with van der Waals surface area (Å²) in [5.74, 6) is -7.92. The van der Waals surface area contributed by atoms with E-state index in [2.05, 4.69) is 20.8 Å². The predicted molar refractivity (Wildman–Crippen MR) is 141 cm³/mol. The number of aliphatic hydroxyl groups is 3. The number of carbonyl (C=O) groups is 3. The second-order valence-electron chi connectivity index (χ2n) is 12.4. The van der Waals surface area contributed by atoms with Gasteiger partial charge >= 0.3 is 0 Å². The fourth-order valence-corrected chi connectivity index (χ4v) is 6.50. The molecule has 3 aliphatic carbocycles. The molecule has 6 N–H and O–H groups in total. The predicted octanol–water partition coefficient (Wildman–Crippen LogP) is 2.86. The molecule has 0 unspecified atom stereocenters. The highest BCUT2D eigenvalue weighted by Crippen LogP contribution is 2.53. The largest absolute Gasteiger partial charge is 0.508 e. The van der Waals surface area contributed by atoms with Crippen molar-refractivity contribution in [3.05, 3.63) is 45.5 Å². The van der Waals surface area contributed by atoms with Crippen LogP contribution >= 0.6 is 0 Å². The summed E-state index contributed by atoms with van der Waals surface area (Å²) in [6, 6.07) is 0.0906. The van der Waals surface area contributed by atoms with E-state index in [1.54, 1.807) is 0 Å². The van der Waals surface area contributed by atoms with E-state index in [4.69, 9.17) is 5.73 Å². The highest BCUT2D eigenvalue weighted by Gasteiger charge is 2.64. The SMILES string of the molecule is CN(C)[C@@H]1C(=O)C(C(N)=O)=C(O)[C@@]2(O)C(=O)C3=C(O)c4c(cc(F)c(CCCCC(C)(C)C)c4O)C[C@H]3C[C@@H]12. The van der Waals surface area contributed by atoms with Crippen LogP contribution in [0.5, 0.6) is 5.75 Å². The maximum atomic E-state index is 15.1. The van der Waals surface area contributed by atoms with Gasteiger partial charge in [0.15, 0.2) is 11.4 Å². The molecule has 0 spiro atoms. The Morgan fingerprint density at radius 2 is 1.82 bits per heavy atom. The molecule has 1 fully saturated rings. The number of likely N-dealkylation sites (N-methyl/N-ethyl adjacent to an activating group) is 1. The lowest BCUT2D eigenvalue weighted by atomic mass is 9.57. The summed E-state index contributed by atoms with van der Waals surface area (Å²) in [5, 5.41) is 44.9. The van der Waals surface area contributed by atoms with Gasteiger partial charge in [0.1, 0.15) is 28.7 Å². The maximum Gasteiger partial charge on any atom is 0.255 e. The first-order valence-corrected chi connectivity index (χ1v) is 13.2. The molecule has 0 aromatic heterocycles. The van der Waals surface area contributed by atoms with Crippen molar-refractivity contribution in [2.45, 2.75) is 70.9 Å². The van der Waals surface area contributed by atoms with Crippen LogP contribution in [0.15, 0.2) is 23.0 Å². The van der Waals surface area contributed by atoms with E-state index < -0.39 is 69.6 Å². The second kappa shape index (κ2) is 9.75. The molecular formula is C29H37FN2O7. The number of aromatic hydroxyl groups is 1. The van der Waals surface area contributed by atoms with Crippen LogP contribution in [0.4, 0.5) is 4.39 Å². The topological polar surface area (TPSA) is 161 Å². The number of fused-ring (bicyclic) bond motifs is 3. The number of nitrogens with zero attached hydrogens (tertiary/aromatic N) is 1. The average Bonchev–Trinajstić information content (AvgIpc) is 2.79. The van der Waals surface area contributed by atoms with Gasteiger partial charge in [-0.25, -0.2) is 4.39 Å². The summed E-state index contributed by atoms with van der Waals surface area (Å²) in [4.78, 5) is 40.5. The third-order valence-electron chi connectivity index (χ3n) is 8.37.